The molecule has 0 fully saturated rings. The van der Waals surface area contributed by atoms with Crippen LogP contribution in [0.4, 0.5) is 11.6 Å². The summed E-state index contributed by atoms with van der Waals surface area (Å²) >= 11 is 0. The molecule has 0 N–H and O–H groups in total. The van der Waals surface area contributed by atoms with Gasteiger partial charge in [-0.2, -0.15) is 0 Å². The van der Waals surface area contributed by atoms with Crippen LogP contribution in [0.5, 0.6) is 0 Å². The predicted molar refractivity (Wildman–Crippen MR) is 129 cm³/mol. The van der Waals surface area contributed by atoms with Crippen LogP contribution in [0.1, 0.15) is 34.4 Å². The van der Waals surface area contributed by atoms with E-state index >= 15 is 0 Å². The van der Waals surface area contributed by atoms with Crippen LogP contribution in [0.25, 0.3) is 0 Å². The zero-order valence-electron chi connectivity index (χ0n) is 19.5. The van der Waals surface area contributed by atoms with Gasteiger partial charge in [-0.05, 0) is 49.9 Å². The second kappa shape index (κ2) is 9.67. The topological polar surface area (TPSA) is 50.6 Å². The van der Waals surface area contributed by atoms with Crippen LogP contribution < -0.4 is 10.5 Å². The summed E-state index contributed by atoms with van der Waals surface area (Å²) in [5.41, 5.74) is 6.26. The van der Waals surface area contributed by atoms with Gasteiger partial charge in [-0.3, -0.25) is 19.2 Å². The fourth-order valence-corrected chi connectivity index (χ4v) is 4.32. The number of aryl methyl sites for hydroxylation is 2. The molecule has 168 valence electrons. The standard InChI is InChI=1S/C26H32N4O2/c1-19-10-8-13-24(20(19)2)29-17-28(14-9-15-32-4)18-30-25(31)23(21(3)27-26(29)30)16-22-11-6-5-7-12-22/h5-8,10-13H,9,14-18H2,1-4H3. The fraction of sp³-hybridized carbons (Fsp3) is 0.385. The molecule has 1 aliphatic rings. The van der Waals surface area contributed by atoms with Crippen LogP contribution in [0.15, 0.2) is 53.3 Å². The van der Waals surface area contributed by atoms with Gasteiger partial charge in [0.2, 0.25) is 5.95 Å². The zero-order valence-corrected chi connectivity index (χ0v) is 19.5. The lowest BCUT2D eigenvalue weighted by Crippen LogP contribution is -2.48. The average Bonchev–Trinajstić information content (AvgIpc) is 2.79. The van der Waals surface area contributed by atoms with Crippen molar-refractivity contribution in [2.75, 3.05) is 31.8 Å². The molecule has 1 aromatic heterocycles. The van der Waals surface area contributed by atoms with E-state index in [1.807, 2.05) is 29.7 Å². The van der Waals surface area contributed by atoms with E-state index in [2.05, 4.69) is 54.0 Å². The fourth-order valence-electron chi connectivity index (χ4n) is 4.32. The van der Waals surface area contributed by atoms with E-state index < -0.39 is 0 Å². The van der Waals surface area contributed by atoms with Crippen molar-refractivity contribution in [1.29, 1.82) is 0 Å². The Bertz CT molecular complexity index is 1140. The largest absolute Gasteiger partial charge is 0.385 e. The molecule has 4 rings (SSSR count). The minimum absolute atomic E-state index is 0.0445. The summed E-state index contributed by atoms with van der Waals surface area (Å²) in [5.74, 6) is 0.723. The Morgan fingerprint density at radius 1 is 1.00 bits per heavy atom. The molecule has 32 heavy (non-hydrogen) atoms. The quantitative estimate of drug-likeness (QED) is 0.525. The molecule has 0 atom stereocenters. The van der Waals surface area contributed by atoms with Crippen molar-refractivity contribution in [2.24, 2.45) is 0 Å². The molecule has 0 spiro atoms. The number of benzene rings is 2. The van der Waals surface area contributed by atoms with Crippen molar-refractivity contribution in [3.63, 3.8) is 0 Å². The third-order valence-corrected chi connectivity index (χ3v) is 6.29. The number of fused-ring (bicyclic) bond motifs is 1. The van der Waals surface area contributed by atoms with Gasteiger partial charge < -0.3 is 4.74 Å². The van der Waals surface area contributed by atoms with E-state index in [9.17, 15) is 4.79 Å². The van der Waals surface area contributed by atoms with Crippen LogP contribution in [-0.4, -0.2) is 41.4 Å². The Balaban J connectivity index is 1.79. The molecule has 0 amide bonds. The molecule has 3 aromatic rings. The Morgan fingerprint density at radius 2 is 1.78 bits per heavy atom. The van der Waals surface area contributed by atoms with Gasteiger partial charge in [0.25, 0.3) is 5.56 Å². The van der Waals surface area contributed by atoms with Gasteiger partial charge in [0.15, 0.2) is 0 Å². The molecule has 1 aliphatic heterocycles. The number of ether oxygens (including phenoxy) is 1. The van der Waals surface area contributed by atoms with Gasteiger partial charge in [-0.1, -0.05) is 42.5 Å². The molecule has 0 bridgehead atoms. The molecular weight excluding hydrogens is 400 g/mol. The highest BCUT2D eigenvalue weighted by molar-refractivity contribution is 5.64. The molecule has 6 nitrogen and oxygen atoms in total. The summed E-state index contributed by atoms with van der Waals surface area (Å²) in [7, 11) is 1.72. The molecular formula is C26H32N4O2. The van der Waals surface area contributed by atoms with Crippen LogP contribution >= 0.6 is 0 Å². The van der Waals surface area contributed by atoms with Crippen molar-refractivity contribution in [3.05, 3.63) is 86.8 Å². The highest BCUT2D eigenvalue weighted by Crippen LogP contribution is 2.31. The first-order chi connectivity index (χ1) is 15.5. The van der Waals surface area contributed by atoms with Crippen molar-refractivity contribution in [3.8, 4) is 0 Å². The Labute approximate surface area is 190 Å². The number of rotatable bonds is 7. The summed E-state index contributed by atoms with van der Waals surface area (Å²) in [6.07, 6.45) is 1.50. The molecule has 0 aliphatic carbocycles. The summed E-state index contributed by atoms with van der Waals surface area (Å²) in [4.78, 5) is 23.1. The smallest absolute Gasteiger partial charge is 0.259 e. The molecule has 2 aromatic carbocycles. The maximum Gasteiger partial charge on any atom is 0.259 e. The normalized spacial score (nSPS) is 13.9. The van der Waals surface area contributed by atoms with E-state index in [1.54, 1.807) is 7.11 Å². The van der Waals surface area contributed by atoms with Crippen LogP contribution in [0.2, 0.25) is 0 Å². The van der Waals surface area contributed by atoms with Gasteiger partial charge in [0.05, 0.1) is 19.0 Å². The van der Waals surface area contributed by atoms with Crippen molar-refractivity contribution >= 4 is 11.6 Å². The first-order valence-corrected chi connectivity index (χ1v) is 11.2. The molecule has 0 saturated carbocycles. The molecule has 0 unspecified atom stereocenters. The maximum absolute atomic E-state index is 13.7. The first kappa shape index (κ1) is 22.2. The lowest BCUT2D eigenvalue weighted by atomic mass is 10.0. The van der Waals surface area contributed by atoms with Gasteiger partial charge in [-0.15, -0.1) is 0 Å². The number of aromatic nitrogens is 2. The van der Waals surface area contributed by atoms with Crippen LogP contribution in [-0.2, 0) is 17.8 Å². The first-order valence-electron chi connectivity index (χ1n) is 11.2. The lowest BCUT2D eigenvalue weighted by molar-refractivity contribution is 0.150. The van der Waals surface area contributed by atoms with Gasteiger partial charge >= 0.3 is 0 Å². The maximum atomic E-state index is 13.7. The van der Waals surface area contributed by atoms with E-state index in [-0.39, 0.29) is 5.56 Å². The Morgan fingerprint density at radius 3 is 2.53 bits per heavy atom. The molecule has 0 radical (unpaired) electrons. The zero-order chi connectivity index (χ0) is 22.7. The van der Waals surface area contributed by atoms with Crippen molar-refractivity contribution in [2.45, 2.75) is 40.3 Å². The summed E-state index contributed by atoms with van der Waals surface area (Å²) < 4.78 is 7.09. The number of methoxy groups -OCH3 is 1. The highest BCUT2D eigenvalue weighted by Gasteiger charge is 2.28. The van der Waals surface area contributed by atoms with Gasteiger partial charge in [0.1, 0.15) is 0 Å². The number of nitrogens with zero attached hydrogens (tertiary/aromatic N) is 4. The Kier molecular flexibility index (Phi) is 6.72. The molecule has 0 saturated heterocycles. The summed E-state index contributed by atoms with van der Waals surface area (Å²) in [5, 5.41) is 0. The Hall–Kier alpha value is -2.96. The van der Waals surface area contributed by atoms with Gasteiger partial charge in [-0.25, -0.2) is 4.98 Å². The monoisotopic (exact) mass is 432 g/mol. The van der Waals surface area contributed by atoms with E-state index in [0.717, 1.165) is 41.4 Å². The summed E-state index contributed by atoms with van der Waals surface area (Å²) in [6.45, 7) is 8.98. The van der Waals surface area contributed by atoms with Gasteiger partial charge in [0, 0.05) is 37.9 Å². The minimum atomic E-state index is 0.0445. The SMILES string of the molecule is COCCCN1CN(c2cccc(C)c2C)c2nc(C)c(Cc3ccccc3)c(=O)n2C1. The minimum Gasteiger partial charge on any atom is -0.385 e. The second-order valence-electron chi connectivity index (χ2n) is 8.54. The summed E-state index contributed by atoms with van der Waals surface area (Å²) in [6, 6.07) is 16.4. The van der Waals surface area contributed by atoms with Crippen LogP contribution in [0.3, 0.4) is 0 Å². The third-order valence-electron chi connectivity index (χ3n) is 6.29. The lowest BCUT2D eigenvalue weighted by Gasteiger charge is -2.39. The third kappa shape index (κ3) is 4.47. The number of hydrogen-bond acceptors (Lipinski definition) is 5. The highest BCUT2D eigenvalue weighted by atomic mass is 16.5. The predicted octanol–water partition coefficient (Wildman–Crippen LogP) is 4.16. The van der Waals surface area contributed by atoms with Crippen molar-refractivity contribution < 1.29 is 4.74 Å². The van der Waals surface area contributed by atoms with E-state index in [1.165, 1.54) is 11.1 Å². The number of hydrogen-bond donors (Lipinski definition) is 0. The average molecular weight is 433 g/mol. The second-order valence-corrected chi connectivity index (χ2v) is 8.54. The van der Waals surface area contributed by atoms with Crippen molar-refractivity contribution in [1.82, 2.24) is 14.5 Å². The van der Waals surface area contributed by atoms with E-state index in [0.29, 0.717) is 26.4 Å². The van der Waals surface area contributed by atoms with E-state index in [4.69, 9.17) is 9.72 Å². The van der Waals surface area contributed by atoms with Crippen LogP contribution in [0, 0.1) is 20.8 Å². The molecule has 2 heterocycles. The number of anilines is 2. The molecule has 6 heteroatoms.